The lowest BCUT2D eigenvalue weighted by Gasteiger charge is -2.24. The molecule has 0 aliphatic carbocycles. The first-order valence-electron chi connectivity index (χ1n) is 9.27. The van der Waals surface area contributed by atoms with Gasteiger partial charge in [-0.1, -0.05) is 48.0 Å². The Hall–Kier alpha value is -2.66. The van der Waals surface area contributed by atoms with Crippen molar-refractivity contribution < 1.29 is 9.59 Å². The van der Waals surface area contributed by atoms with Gasteiger partial charge in [-0.05, 0) is 45.1 Å². The molecule has 0 fully saturated rings. The molecule has 0 saturated carbocycles. The average molecular weight is 367 g/mol. The van der Waals surface area contributed by atoms with E-state index in [0.717, 1.165) is 12.0 Å². The normalized spacial score (nSPS) is 11.9. The van der Waals surface area contributed by atoms with Crippen molar-refractivity contribution in [2.75, 3.05) is 27.2 Å². The molecule has 144 valence electrons. The summed E-state index contributed by atoms with van der Waals surface area (Å²) in [6.45, 7) is 2.84. The number of carbonyl (C=O) groups is 2. The third-order valence-corrected chi connectivity index (χ3v) is 4.50. The number of carbonyl (C=O) groups excluding carboxylic acids is 2. The van der Waals surface area contributed by atoms with Crippen LogP contribution in [0, 0.1) is 6.92 Å². The zero-order valence-electron chi connectivity index (χ0n) is 16.4. The van der Waals surface area contributed by atoms with Crippen LogP contribution < -0.4 is 10.6 Å². The maximum Gasteiger partial charge on any atom is 0.251 e. The number of hydrogen-bond acceptors (Lipinski definition) is 3. The Kier molecular flexibility index (Phi) is 8.01. The van der Waals surface area contributed by atoms with Crippen LogP contribution in [0.25, 0.3) is 0 Å². The Labute approximate surface area is 161 Å². The molecule has 5 nitrogen and oxygen atoms in total. The maximum absolute atomic E-state index is 12.1. The van der Waals surface area contributed by atoms with Crippen LogP contribution in [-0.4, -0.2) is 49.9 Å². The summed E-state index contributed by atoms with van der Waals surface area (Å²) in [6, 6.07) is 17.9. The molecule has 2 aromatic rings. The number of nitrogens with one attached hydrogen (secondary N) is 2. The van der Waals surface area contributed by atoms with E-state index in [9.17, 15) is 9.59 Å². The van der Waals surface area contributed by atoms with Crippen LogP contribution in [0.1, 0.15) is 27.9 Å². The van der Waals surface area contributed by atoms with Crippen LogP contribution in [0.3, 0.4) is 0 Å². The minimum absolute atomic E-state index is 0.0561. The zero-order chi connectivity index (χ0) is 19.6. The van der Waals surface area contributed by atoms with Crippen molar-refractivity contribution in [1.29, 1.82) is 0 Å². The standard InChI is InChI=1S/C22H29N3O2/c1-17-8-7-11-19(14-17)22(27)23-13-12-21(26)24-16-20(25(2)3)15-18-9-5-4-6-10-18/h4-11,14,20H,12-13,15-16H2,1-3H3,(H,23,27)(H,24,26)/t20-/m0/s1. The molecule has 0 unspecified atom stereocenters. The molecule has 0 spiro atoms. The van der Waals surface area contributed by atoms with Gasteiger partial charge in [-0.15, -0.1) is 0 Å². The molecule has 1 atom stereocenters. The third-order valence-electron chi connectivity index (χ3n) is 4.50. The Morgan fingerprint density at radius 2 is 1.74 bits per heavy atom. The highest BCUT2D eigenvalue weighted by molar-refractivity contribution is 5.94. The second kappa shape index (κ2) is 10.5. The van der Waals surface area contributed by atoms with Crippen molar-refractivity contribution in [3.05, 3.63) is 71.3 Å². The summed E-state index contributed by atoms with van der Waals surface area (Å²) in [5, 5.41) is 5.77. The van der Waals surface area contributed by atoms with Crippen LogP contribution in [-0.2, 0) is 11.2 Å². The lowest BCUT2D eigenvalue weighted by atomic mass is 10.1. The van der Waals surface area contributed by atoms with E-state index >= 15 is 0 Å². The smallest absolute Gasteiger partial charge is 0.251 e. The molecule has 2 N–H and O–H groups in total. The van der Waals surface area contributed by atoms with Gasteiger partial charge in [0.15, 0.2) is 0 Å². The molecule has 2 aromatic carbocycles. The summed E-state index contributed by atoms with van der Waals surface area (Å²) in [5.74, 6) is -0.207. The van der Waals surface area contributed by atoms with Gasteiger partial charge in [0.1, 0.15) is 0 Å². The minimum Gasteiger partial charge on any atom is -0.354 e. The number of aryl methyl sites for hydroxylation is 1. The Balaban J connectivity index is 1.73. The predicted octanol–water partition coefficient (Wildman–Crippen LogP) is 2.40. The van der Waals surface area contributed by atoms with Gasteiger partial charge >= 0.3 is 0 Å². The lowest BCUT2D eigenvalue weighted by molar-refractivity contribution is -0.121. The summed E-state index contributed by atoms with van der Waals surface area (Å²) < 4.78 is 0. The van der Waals surface area contributed by atoms with E-state index in [4.69, 9.17) is 0 Å². The molecule has 5 heteroatoms. The van der Waals surface area contributed by atoms with E-state index in [-0.39, 0.29) is 24.3 Å². The molecule has 0 bridgehead atoms. The van der Waals surface area contributed by atoms with Crippen molar-refractivity contribution >= 4 is 11.8 Å². The Bertz CT molecular complexity index is 744. The monoisotopic (exact) mass is 367 g/mol. The second-order valence-electron chi connectivity index (χ2n) is 6.99. The first-order valence-corrected chi connectivity index (χ1v) is 9.27. The molecule has 0 aliphatic rings. The molecule has 0 aromatic heterocycles. The van der Waals surface area contributed by atoms with Gasteiger partial charge in [0.2, 0.25) is 5.91 Å². The number of hydrogen-bond donors (Lipinski definition) is 2. The van der Waals surface area contributed by atoms with Crippen LogP contribution >= 0.6 is 0 Å². The summed E-state index contributed by atoms with van der Waals surface area (Å²) in [7, 11) is 4.03. The second-order valence-corrected chi connectivity index (χ2v) is 6.99. The minimum atomic E-state index is -0.151. The van der Waals surface area contributed by atoms with Crippen LogP contribution in [0.15, 0.2) is 54.6 Å². The highest BCUT2D eigenvalue weighted by atomic mass is 16.2. The fourth-order valence-corrected chi connectivity index (χ4v) is 2.82. The van der Waals surface area contributed by atoms with Gasteiger partial charge in [0, 0.05) is 31.1 Å². The first-order chi connectivity index (χ1) is 13.0. The molecule has 0 radical (unpaired) electrons. The zero-order valence-corrected chi connectivity index (χ0v) is 16.4. The number of amides is 2. The molecule has 0 aliphatic heterocycles. The largest absolute Gasteiger partial charge is 0.354 e. The van der Waals surface area contributed by atoms with E-state index < -0.39 is 0 Å². The molecule has 0 saturated heterocycles. The summed E-state index contributed by atoms with van der Waals surface area (Å²) in [4.78, 5) is 26.3. The molecule has 0 heterocycles. The molecule has 2 amide bonds. The summed E-state index contributed by atoms with van der Waals surface area (Å²) in [5.41, 5.74) is 2.90. The fourth-order valence-electron chi connectivity index (χ4n) is 2.82. The van der Waals surface area contributed by atoms with E-state index in [2.05, 4.69) is 27.7 Å². The predicted molar refractivity (Wildman–Crippen MR) is 109 cm³/mol. The van der Waals surface area contributed by atoms with Crippen molar-refractivity contribution in [2.45, 2.75) is 25.8 Å². The lowest BCUT2D eigenvalue weighted by Crippen LogP contribution is -2.42. The number of rotatable bonds is 9. The van der Waals surface area contributed by atoms with E-state index in [1.54, 1.807) is 6.07 Å². The summed E-state index contributed by atoms with van der Waals surface area (Å²) in [6.07, 6.45) is 1.14. The highest BCUT2D eigenvalue weighted by Gasteiger charge is 2.14. The van der Waals surface area contributed by atoms with Gasteiger partial charge in [-0.3, -0.25) is 9.59 Å². The molecule has 27 heavy (non-hydrogen) atoms. The number of nitrogens with zero attached hydrogens (tertiary/aromatic N) is 1. The van der Waals surface area contributed by atoms with Crippen molar-refractivity contribution in [2.24, 2.45) is 0 Å². The van der Waals surface area contributed by atoms with Crippen LogP contribution in [0.2, 0.25) is 0 Å². The topological polar surface area (TPSA) is 61.4 Å². The highest BCUT2D eigenvalue weighted by Crippen LogP contribution is 2.06. The fraction of sp³-hybridized carbons (Fsp3) is 0.364. The Morgan fingerprint density at radius 3 is 2.41 bits per heavy atom. The van der Waals surface area contributed by atoms with E-state index in [1.807, 2.05) is 57.4 Å². The van der Waals surface area contributed by atoms with Crippen LogP contribution in [0.5, 0.6) is 0 Å². The third kappa shape index (κ3) is 7.23. The SMILES string of the molecule is Cc1cccc(C(=O)NCCC(=O)NC[C@H](Cc2ccccc2)N(C)C)c1. The quantitative estimate of drug-likeness (QED) is 0.715. The summed E-state index contributed by atoms with van der Waals surface area (Å²) >= 11 is 0. The first kappa shape index (κ1) is 20.6. The number of benzene rings is 2. The van der Waals surface area contributed by atoms with Crippen molar-refractivity contribution in [3.63, 3.8) is 0 Å². The molecule has 2 rings (SSSR count). The van der Waals surface area contributed by atoms with Gasteiger partial charge in [0.05, 0.1) is 0 Å². The van der Waals surface area contributed by atoms with E-state index in [0.29, 0.717) is 18.7 Å². The molecular formula is C22H29N3O2. The average Bonchev–Trinajstić information content (AvgIpc) is 2.65. The van der Waals surface area contributed by atoms with Gasteiger partial charge in [-0.2, -0.15) is 0 Å². The van der Waals surface area contributed by atoms with Crippen molar-refractivity contribution in [3.8, 4) is 0 Å². The maximum atomic E-state index is 12.1. The number of likely N-dealkylation sites (N-methyl/N-ethyl adjacent to an activating group) is 1. The van der Waals surface area contributed by atoms with E-state index in [1.165, 1.54) is 5.56 Å². The van der Waals surface area contributed by atoms with Crippen LogP contribution in [0.4, 0.5) is 0 Å². The van der Waals surface area contributed by atoms with Gasteiger partial charge < -0.3 is 15.5 Å². The molecular weight excluding hydrogens is 338 g/mol. The van der Waals surface area contributed by atoms with Gasteiger partial charge in [0.25, 0.3) is 5.91 Å². The van der Waals surface area contributed by atoms with Crippen molar-refractivity contribution in [1.82, 2.24) is 15.5 Å². The van der Waals surface area contributed by atoms with Gasteiger partial charge in [-0.25, -0.2) is 0 Å². The Morgan fingerprint density at radius 1 is 1.00 bits per heavy atom.